The lowest BCUT2D eigenvalue weighted by atomic mass is 10.1. The van der Waals surface area contributed by atoms with Crippen LogP contribution in [-0.2, 0) is 6.54 Å². The van der Waals surface area contributed by atoms with Crippen molar-refractivity contribution in [1.82, 2.24) is 25.6 Å². The lowest BCUT2D eigenvalue weighted by Gasteiger charge is -2.12. The van der Waals surface area contributed by atoms with Gasteiger partial charge in [0.25, 0.3) is 17.4 Å². The summed E-state index contributed by atoms with van der Waals surface area (Å²) in [5.74, 6) is -1.09. The van der Waals surface area contributed by atoms with Gasteiger partial charge in [-0.15, -0.1) is 0 Å². The summed E-state index contributed by atoms with van der Waals surface area (Å²) in [5, 5.41) is 5.14. The number of aromatic nitrogens is 3. The van der Waals surface area contributed by atoms with Crippen LogP contribution in [0.25, 0.3) is 10.8 Å². The number of benzene rings is 1. The second kappa shape index (κ2) is 9.59. The summed E-state index contributed by atoms with van der Waals surface area (Å²) in [6.45, 7) is 2.55. The minimum absolute atomic E-state index is 0.0854. The van der Waals surface area contributed by atoms with Crippen molar-refractivity contribution in [1.29, 1.82) is 0 Å². The standard InChI is InChI=1S/C21H23N5O3/c1-2-3-4-7-13-26-21(29)17-11-6-5-10-16(17)18(25-26)20(28)24-23-19(27)15-9-8-12-22-14-15/h5-6,8-12,14H,2-4,7,13H2,1H3,(H,23,27)(H,24,28). The zero-order chi connectivity index (χ0) is 20.6. The van der Waals surface area contributed by atoms with Crippen LogP contribution in [0.2, 0.25) is 0 Å². The number of amides is 2. The Labute approximate surface area is 167 Å². The summed E-state index contributed by atoms with van der Waals surface area (Å²) in [5.41, 5.74) is 4.89. The first-order valence-electron chi connectivity index (χ1n) is 9.62. The molecule has 0 aliphatic rings. The SMILES string of the molecule is CCCCCCn1nc(C(=O)NNC(=O)c2cccnc2)c2ccccc2c1=O. The van der Waals surface area contributed by atoms with E-state index < -0.39 is 11.8 Å². The van der Waals surface area contributed by atoms with Gasteiger partial charge in [0.1, 0.15) is 0 Å². The number of carbonyl (C=O) groups excluding carboxylic acids is 2. The van der Waals surface area contributed by atoms with Crippen LogP contribution in [0.1, 0.15) is 53.5 Å². The Balaban J connectivity index is 1.83. The molecule has 0 atom stereocenters. The maximum absolute atomic E-state index is 12.7. The number of nitrogens with one attached hydrogen (secondary N) is 2. The number of fused-ring (bicyclic) bond motifs is 1. The molecule has 2 heterocycles. The normalized spacial score (nSPS) is 10.7. The van der Waals surface area contributed by atoms with Crippen LogP contribution in [0.4, 0.5) is 0 Å². The number of hydrazine groups is 1. The smallest absolute Gasteiger partial charge is 0.267 e. The third-order valence-electron chi connectivity index (χ3n) is 4.52. The van der Waals surface area contributed by atoms with Crippen molar-refractivity contribution in [3.63, 3.8) is 0 Å². The van der Waals surface area contributed by atoms with Gasteiger partial charge < -0.3 is 0 Å². The first kappa shape index (κ1) is 20.2. The second-order valence-electron chi connectivity index (χ2n) is 6.63. The molecule has 0 radical (unpaired) electrons. The van der Waals surface area contributed by atoms with E-state index in [1.54, 1.807) is 42.6 Å². The van der Waals surface area contributed by atoms with Crippen LogP contribution in [0.3, 0.4) is 0 Å². The molecule has 3 rings (SSSR count). The molecular weight excluding hydrogens is 370 g/mol. The fourth-order valence-corrected chi connectivity index (χ4v) is 2.98. The van der Waals surface area contributed by atoms with E-state index in [1.807, 2.05) is 0 Å². The molecule has 1 aromatic carbocycles. The molecule has 0 bridgehead atoms. The van der Waals surface area contributed by atoms with Crippen LogP contribution in [-0.4, -0.2) is 26.6 Å². The molecule has 29 heavy (non-hydrogen) atoms. The Morgan fingerprint density at radius 3 is 2.45 bits per heavy atom. The van der Waals surface area contributed by atoms with E-state index in [1.165, 1.54) is 10.9 Å². The first-order valence-corrected chi connectivity index (χ1v) is 9.62. The molecular formula is C21H23N5O3. The van der Waals surface area contributed by atoms with E-state index in [4.69, 9.17) is 0 Å². The number of rotatable bonds is 7. The predicted octanol–water partition coefficient (Wildman–Crippen LogP) is 2.45. The van der Waals surface area contributed by atoms with Crippen molar-refractivity contribution in [2.24, 2.45) is 0 Å². The Bertz CT molecular complexity index is 1060. The molecule has 0 aliphatic carbocycles. The first-order chi connectivity index (χ1) is 14.1. The van der Waals surface area contributed by atoms with Crippen molar-refractivity contribution in [3.05, 3.63) is 70.4 Å². The van der Waals surface area contributed by atoms with E-state index in [0.29, 0.717) is 22.9 Å². The second-order valence-corrected chi connectivity index (χ2v) is 6.63. The van der Waals surface area contributed by atoms with Gasteiger partial charge in [-0.05, 0) is 24.6 Å². The molecule has 0 spiro atoms. The largest absolute Gasteiger partial charge is 0.290 e. The van der Waals surface area contributed by atoms with Gasteiger partial charge in [0, 0.05) is 24.3 Å². The third kappa shape index (κ3) is 4.84. The fraction of sp³-hybridized carbons (Fsp3) is 0.286. The molecule has 0 unspecified atom stereocenters. The van der Waals surface area contributed by atoms with Gasteiger partial charge in [-0.2, -0.15) is 5.10 Å². The summed E-state index contributed by atoms with van der Waals surface area (Å²) in [7, 11) is 0. The predicted molar refractivity (Wildman–Crippen MR) is 109 cm³/mol. The molecule has 0 aliphatic heterocycles. The average molecular weight is 393 g/mol. The van der Waals surface area contributed by atoms with Crippen LogP contribution in [0, 0.1) is 0 Å². The molecule has 2 N–H and O–H groups in total. The van der Waals surface area contributed by atoms with Crippen LogP contribution < -0.4 is 16.4 Å². The number of carbonyl (C=O) groups is 2. The van der Waals surface area contributed by atoms with Crippen LogP contribution in [0.5, 0.6) is 0 Å². The Kier molecular flexibility index (Phi) is 6.67. The molecule has 2 aromatic heterocycles. The van der Waals surface area contributed by atoms with E-state index >= 15 is 0 Å². The highest BCUT2D eigenvalue weighted by molar-refractivity contribution is 6.05. The number of hydrogen-bond donors (Lipinski definition) is 2. The number of hydrogen-bond acceptors (Lipinski definition) is 5. The van der Waals surface area contributed by atoms with Crippen molar-refractivity contribution < 1.29 is 9.59 Å². The Morgan fingerprint density at radius 1 is 0.966 bits per heavy atom. The molecule has 8 heteroatoms. The van der Waals surface area contributed by atoms with Crippen LogP contribution >= 0.6 is 0 Å². The minimum Gasteiger partial charge on any atom is -0.267 e. The highest BCUT2D eigenvalue weighted by Crippen LogP contribution is 2.13. The van der Waals surface area contributed by atoms with Crippen molar-refractivity contribution in [2.75, 3.05) is 0 Å². The molecule has 3 aromatic rings. The fourth-order valence-electron chi connectivity index (χ4n) is 2.98. The van der Waals surface area contributed by atoms with Gasteiger partial charge in [-0.1, -0.05) is 44.4 Å². The quantitative estimate of drug-likeness (QED) is 0.474. The molecule has 8 nitrogen and oxygen atoms in total. The highest BCUT2D eigenvalue weighted by atomic mass is 16.2. The molecule has 0 fully saturated rings. The van der Waals surface area contributed by atoms with Gasteiger partial charge in [0.15, 0.2) is 5.69 Å². The number of pyridine rings is 1. The van der Waals surface area contributed by atoms with Gasteiger partial charge in [-0.25, -0.2) is 4.68 Å². The van der Waals surface area contributed by atoms with Crippen molar-refractivity contribution in [3.8, 4) is 0 Å². The molecule has 0 saturated heterocycles. The van der Waals surface area contributed by atoms with E-state index in [2.05, 4.69) is 27.9 Å². The lowest BCUT2D eigenvalue weighted by Crippen LogP contribution is -2.42. The van der Waals surface area contributed by atoms with Crippen molar-refractivity contribution in [2.45, 2.75) is 39.2 Å². The minimum atomic E-state index is -0.597. The van der Waals surface area contributed by atoms with E-state index in [0.717, 1.165) is 25.7 Å². The molecule has 150 valence electrons. The third-order valence-corrected chi connectivity index (χ3v) is 4.52. The van der Waals surface area contributed by atoms with Gasteiger partial charge in [-0.3, -0.25) is 30.2 Å². The zero-order valence-electron chi connectivity index (χ0n) is 16.2. The summed E-state index contributed by atoms with van der Waals surface area (Å²) < 4.78 is 1.33. The summed E-state index contributed by atoms with van der Waals surface area (Å²) in [6, 6.07) is 10.0. The number of nitrogens with zero attached hydrogens (tertiary/aromatic N) is 3. The van der Waals surface area contributed by atoms with Crippen LogP contribution in [0.15, 0.2) is 53.6 Å². The van der Waals surface area contributed by atoms with E-state index in [9.17, 15) is 14.4 Å². The Morgan fingerprint density at radius 2 is 1.72 bits per heavy atom. The molecule has 2 amide bonds. The summed E-state index contributed by atoms with van der Waals surface area (Å²) in [4.78, 5) is 41.4. The molecule has 0 saturated carbocycles. The highest BCUT2D eigenvalue weighted by Gasteiger charge is 2.17. The summed E-state index contributed by atoms with van der Waals surface area (Å²) in [6.07, 6.45) is 6.90. The van der Waals surface area contributed by atoms with E-state index in [-0.39, 0.29) is 11.3 Å². The zero-order valence-corrected chi connectivity index (χ0v) is 16.2. The maximum Gasteiger partial charge on any atom is 0.290 e. The van der Waals surface area contributed by atoms with Gasteiger partial charge >= 0.3 is 0 Å². The van der Waals surface area contributed by atoms with Gasteiger partial charge in [0.2, 0.25) is 0 Å². The monoisotopic (exact) mass is 393 g/mol. The van der Waals surface area contributed by atoms with Gasteiger partial charge in [0.05, 0.1) is 10.9 Å². The number of aryl methyl sites for hydroxylation is 1. The summed E-state index contributed by atoms with van der Waals surface area (Å²) >= 11 is 0. The van der Waals surface area contributed by atoms with Crippen molar-refractivity contribution >= 4 is 22.6 Å². The lowest BCUT2D eigenvalue weighted by molar-refractivity contribution is 0.0843. The number of unbranched alkanes of at least 4 members (excludes halogenated alkanes) is 3. The maximum atomic E-state index is 12.7. The average Bonchev–Trinajstić information content (AvgIpc) is 2.77. The Hall–Kier alpha value is -3.55. The topological polar surface area (TPSA) is 106 Å².